The maximum absolute atomic E-state index is 10.2. The van der Waals surface area contributed by atoms with E-state index in [0.717, 1.165) is 0 Å². The van der Waals surface area contributed by atoms with E-state index in [4.69, 9.17) is 5.11 Å². The van der Waals surface area contributed by atoms with Crippen molar-refractivity contribution in [2.24, 2.45) is 0 Å². The Kier molecular flexibility index (Phi) is 10.9. The number of hydrogen-bond donors (Lipinski definition) is 1. The van der Waals surface area contributed by atoms with E-state index in [1.807, 2.05) is 0 Å². The maximum atomic E-state index is 10.2. The zero-order valence-corrected chi connectivity index (χ0v) is 11.7. The molecule has 0 saturated carbocycles. The van der Waals surface area contributed by atoms with E-state index in [-0.39, 0.29) is 36.2 Å². The molecule has 4 nitrogen and oxygen atoms in total. The van der Waals surface area contributed by atoms with Gasteiger partial charge in [-0.2, -0.15) is 0 Å². The number of aliphatic hydroxyl groups excluding tert-OH is 1. The van der Waals surface area contributed by atoms with Crippen LogP contribution in [0.5, 0.6) is 0 Å². The molecule has 0 aliphatic rings. The summed E-state index contributed by atoms with van der Waals surface area (Å²) < 4.78 is 30.7. The molecule has 0 amide bonds. The predicted molar refractivity (Wildman–Crippen MR) is 52.6 cm³/mol. The van der Waals surface area contributed by atoms with Crippen LogP contribution in [0.4, 0.5) is 0 Å². The Morgan fingerprint density at radius 2 is 1.67 bits per heavy atom. The molecule has 0 aliphatic carbocycles. The minimum absolute atomic E-state index is 0. The van der Waals surface area contributed by atoms with Crippen molar-refractivity contribution in [2.45, 2.75) is 12.7 Å². The topological polar surface area (TPSA) is 77.4 Å². The molecule has 0 aliphatic heterocycles. The van der Waals surface area contributed by atoms with Gasteiger partial charge in [-0.1, -0.05) is 30.3 Å². The van der Waals surface area contributed by atoms with Gasteiger partial charge in [-0.3, -0.25) is 0 Å². The molecule has 0 fully saturated rings. The van der Waals surface area contributed by atoms with Crippen molar-refractivity contribution in [1.29, 1.82) is 0 Å². The quantitative estimate of drug-likeness (QED) is 0.467. The minimum atomic E-state index is -4.13. The summed E-state index contributed by atoms with van der Waals surface area (Å²) in [6, 6.07) is 8.37. The van der Waals surface area contributed by atoms with Gasteiger partial charge in [0.25, 0.3) is 0 Å². The van der Waals surface area contributed by atoms with Crippen LogP contribution in [0.15, 0.2) is 30.3 Å². The van der Waals surface area contributed by atoms with Gasteiger partial charge in [0, 0.05) is 6.61 Å². The largest absolute Gasteiger partial charge is 1.00 e. The van der Waals surface area contributed by atoms with Crippen LogP contribution >= 0.6 is 0 Å². The molecule has 0 bridgehead atoms. The Morgan fingerprint density at radius 1 is 1.27 bits per heavy atom. The summed E-state index contributed by atoms with van der Waals surface area (Å²) in [5.74, 6) is -0.423. The molecular weight excluding hydrogens is 227 g/mol. The summed E-state index contributed by atoms with van der Waals surface area (Å²) in [5, 5.41) is 7.57. The standard InChI is InChI=1S/C7H8O3S.C2H6O.Na/c8-11(9,10)6-7-4-2-1-3-5-7;1-2-3;/h1-5H,6H2,(H,8,9,10);3H,2H2,1H3;/q;;+1/p-1. The third-order valence-electron chi connectivity index (χ3n) is 1.19. The molecule has 0 saturated heterocycles. The molecule has 15 heavy (non-hydrogen) atoms. The van der Waals surface area contributed by atoms with Crippen LogP contribution in [-0.4, -0.2) is 24.7 Å². The molecule has 1 aromatic rings. The Morgan fingerprint density at radius 3 is 2.00 bits per heavy atom. The van der Waals surface area contributed by atoms with Crippen LogP contribution in [0.25, 0.3) is 0 Å². The number of aliphatic hydroxyl groups is 1. The predicted octanol–water partition coefficient (Wildman–Crippen LogP) is -2.27. The molecule has 0 aromatic heterocycles. The second kappa shape index (κ2) is 9.33. The number of hydrogen-bond acceptors (Lipinski definition) is 4. The first kappa shape index (κ1) is 17.5. The number of rotatable bonds is 2. The van der Waals surface area contributed by atoms with Crippen molar-refractivity contribution >= 4 is 10.1 Å². The van der Waals surface area contributed by atoms with Gasteiger partial charge in [0.05, 0.1) is 15.9 Å². The molecule has 1 N–H and O–H groups in total. The van der Waals surface area contributed by atoms with Gasteiger partial charge in [0.15, 0.2) is 0 Å². The fourth-order valence-electron chi connectivity index (χ4n) is 0.778. The molecule has 0 radical (unpaired) electrons. The molecule has 1 rings (SSSR count). The van der Waals surface area contributed by atoms with E-state index < -0.39 is 15.9 Å². The summed E-state index contributed by atoms with van der Waals surface area (Å²) in [6.45, 7) is 1.93. The van der Waals surface area contributed by atoms with Crippen LogP contribution in [0.3, 0.4) is 0 Å². The fourth-order valence-corrected chi connectivity index (χ4v) is 1.38. The molecule has 80 valence electrons. The van der Waals surface area contributed by atoms with Crippen molar-refractivity contribution < 1.29 is 47.6 Å². The van der Waals surface area contributed by atoms with Gasteiger partial charge < -0.3 is 9.66 Å². The van der Waals surface area contributed by atoms with Crippen molar-refractivity contribution in [1.82, 2.24) is 0 Å². The van der Waals surface area contributed by atoms with E-state index in [1.165, 1.54) is 0 Å². The monoisotopic (exact) mass is 240 g/mol. The van der Waals surface area contributed by atoms with Crippen molar-refractivity contribution in [3.8, 4) is 0 Å². The Hall–Kier alpha value is 0.0900. The maximum Gasteiger partial charge on any atom is 1.00 e. The van der Waals surface area contributed by atoms with Crippen molar-refractivity contribution in [3.63, 3.8) is 0 Å². The second-order valence-corrected chi connectivity index (χ2v) is 3.91. The molecule has 0 spiro atoms. The fraction of sp³-hybridized carbons (Fsp3) is 0.333. The first-order chi connectivity index (χ1) is 6.49. The third-order valence-corrected chi connectivity index (χ3v) is 1.87. The van der Waals surface area contributed by atoms with Crippen molar-refractivity contribution in [3.05, 3.63) is 35.9 Å². The second-order valence-electron chi connectivity index (χ2n) is 2.50. The van der Waals surface area contributed by atoms with Crippen LogP contribution in [0.2, 0.25) is 0 Å². The van der Waals surface area contributed by atoms with Gasteiger partial charge in [0.1, 0.15) is 0 Å². The van der Waals surface area contributed by atoms with Gasteiger partial charge in [0.2, 0.25) is 0 Å². The van der Waals surface area contributed by atoms with Crippen LogP contribution in [0, 0.1) is 0 Å². The molecule has 0 unspecified atom stereocenters. The zero-order chi connectivity index (χ0) is 11.0. The van der Waals surface area contributed by atoms with Crippen LogP contribution < -0.4 is 29.6 Å². The molecule has 0 atom stereocenters. The Balaban J connectivity index is 0. The molecule has 6 heteroatoms. The van der Waals surface area contributed by atoms with Gasteiger partial charge in [-0.05, 0) is 12.5 Å². The summed E-state index contributed by atoms with van der Waals surface area (Å²) >= 11 is 0. The average molecular weight is 240 g/mol. The normalized spacial score (nSPS) is 9.53. The van der Waals surface area contributed by atoms with Crippen molar-refractivity contribution in [2.75, 3.05) is 6.61 Å². The zero-order valence-electron chi connectivity index (χ0n) is 8.88. The summed E-state index contributed by atoms with van der Waals surface area (Å²) in [4.78, 5) is 0. The van der Waals surface area contributed by atoms with E-state index in [0.29, 0.717) is 5.56 Å². The van der Waals surface area contributed by atoms with E-state index in [1.54, 1.807) is 37.3 Å². The average Bonchev–Trinajstić information content (AvgIpc) is 2.04. The Bertz CT molecular complexity index is 336. The first-order valence-corrected chi connectivity index (χ1v) is 5.65. The van der Waals surface area contributed by atoms with E-state index in [2.05, 4.69) is 0 Å². The molecule has 1 aromatic carbocycles. The van der Waals surface area contributed by atoms with Crippen LogP contribution in [-0.2, 0) is 15.9 Å². The third kappa shape index (κ3) is 12.0. The van der Waals surface area contributed by atoms with Gasteiger partial charge in [-0.25, -0.2) is 8.42 Å². The van der Waals surface area contributed by atoms with Gasteiger partial charge in [-0.15, -0.1) is 0 Å². The Labute approximate surface area is 112 Å². The number of benzene rings is 1. The summed E-state index contributed by atoms with van der Waals surface area (Å²) in [5.41, 5.74) is 0.530. The minimum Gasteiger partial charge on any atom is -0.748 e. The summed E-state index contributed by atoms with van der Waals surface area (Å²) in [6.07, 6.45) is 0. The smallest absolute Gasteiger partial charge is 0.748 e. The SMILES string of the molecule is CCO.O=S(=O)([O-])Cc1ccccc1.[Na+]. The first-order valence-electron chi connectivity index (χ1n) is 4.08. The summed E-state index contributed by atoms with van der Waals surface area (Å²) in [7, 11) is -4.13. The van der Waals surface area contributed by atoms with Gasteiger partial charge >= 0.3 is 29.6 Å². The molecule has 0 heterocycles. The van der Waals surface area contributed by atoms with E-state index >= 15 is 0 Å². The molecular formula is C9H13NaO4S. The van der Waals surface area contributed by atoms with Crippen LogP contribution in [0.1, 0.15) is 12.5 Å². The van der Waals surface area contributed by atoms with E-state index in [9.17, 15) is 13.0 Å².